The van der Waals surface area contributed by atoms with Gasteiger partial charge in [0.2, 0.25) is 5.91 Å². The van der Waals surface area contributed by atoms with Crippen LogP contribution >= 0.6 is 0 Å². The third kappa shape index (κ3) is 5.08. The van der Waals surface area contributed by atoms with Crippen molar-refractivity contribution in [2.24, 2.45) is 0 Å². The molecule has 0 saturated heterocycles. The molecule has 5 nitrogen and oxygen atoms in total. The van der Waals surface area contributed by atoms with Crippen LogP contribution in [0.25, 0.3) is 0 Å². The Balaban J connectivity index is 1.80. The molecule has 0 radical (unpaired) electrons. The van der Waals surface area contributed by atoms with Crippen LogP contribution in [0.4, 0.5) is 20.6 Å². The van der Waals surface area contributed by atoms with Crippen molar-refractivity contribution in [1.29, 1.82) is 0 Å². The molecule has 0 heterocycles. The first-order chi connectivity index (χ1) is 11.5. The van der Waals surface area contributed by atoms with E-state index in [-0.39, 0.29) is 12.2 Å². The highest BCUT2D eigenvalue weighted by molar-refractivity contribution is 5.96. The fraction of sp³-hybridized carbons (Fsp3) is 0.222. The average molecular weight is 329 g/mol. The Labute approximate surface area is 140 Å². The largest absolute Gasteiger partial charge is 0.329 e. The zero-order valence-corrected chi connectivity index (χ0v) is 13.6. The predicted molar refractivity (Wildman–Crippen MR) is 92.6 cm³/mol. The number of hydrogen-bond donors (Lipinski definition) is 3. The van der Waals surface area contributed by atoms with Gasteiger partial charge in [0, 0.05) is 5.69 Å². The molecule has 0 bridgehead atoms. The summed E-state index contributed by atoms with van der Waals surface area (Å²) in [4.78, 5) is 23.5. The fourth-order valence-electron chi connectivity index (χ4n) is 2.04. The van der Waals surface area contributed by atoms with Gasteiger partial charge >= 0.3 is 6.03 Å². The second-order valence-corrected chi connectivity index (χ2v) is 5.61. The summed E-state index contributed by atoms with van der Waals surface area (Å²) >= 11 is 0. The summed E-state index contributed by atoms with van der Waals surface area (Å²) in [5.41, 5.74) is 1.88. The monoisotopic (exact) mass is 329 g/mol. The van der Waals surface area contributed by atoms with E-state index >= 15 is 0 Å². The summed E-state index contributed by atoms with van der Waals surface area (Å²) in [6.07, 6.45) is 0. The molecule has 0 aliphatic heterocycles. The molecular weight excluding hydrogens is 309 g/mol. The number of anilines is 2. The van der Waals surface area contributed by atoms with Gasteiger partial charge < -0.3 is 16.0 Å². The van der Waals surface area contributed by atoms with Gasteiger partial charge in [-0.25, -0.2) is 9.18 Å². The molecule has 0 aliphatic rings. The molecule has 0 fully saturated rings. The van der Waals surface area contributed by atoms with E-state index in [0.29, 0.717) is 11.6 Å². The lowest BCUT2D eigenvalue weighted by Gasteiger charge is -2.10. The summed E-state index contributed by atoms with van der Waals surface area (Å²) in [5, 5.41) is 7.45. The van der Waals surface area contributed by atoms with Gasteiger partial charge in [0.15, 0.2) is 0 Å². The maximum absolute atomic E-state index is 13.4. The first-order valence-corrected chi connectivity index (χ1v) is 7.65. The normalized spacial score (nSPS) is 10.3. The molecule has 0 spiro atoms. The first kappa shape index (κ1) is 17.5. The van der Waals surface area contributed by atoms with Crippen LogP contribution in [0.2, 0.25) is 0 Å². The molecule has 0 aliphatic carbocycles. The number of carbonyl (C=O) groups excluding carboxylic acids is 2. The van der Waals surface area contributed by atoms with Gasteiger partial charge in [0.05, 0.1) is 12.2 Å². The summed E-state index contributed by atoms with van der Waals surface area (Å²) in [7, 11) is 0. The third-order valence-electron chi connectivity index (χ3n) is 3.39. The number of hydrogen-bond acceptors (Lipinski definition) is 2. The van der Waals surface area contributed by atoms with E-state index in [1.54, 1.807) is 18.2 Å². The number of benzene rings is 2. The van der Waals surface area contributed by atoms with Crippen LogP contribution in [0.1, 0.15) is 25.3 Å². The minimum absolute atomic E-state index is 0.0778. The highest BCUT2D eigenvalue weighted by Gasteiger charge is 2.08. The smallest absolute Gasteiger partial charge is 0.319 e. The molecule has 2 aromatic carbocycles. The Morgan fingerprint density at radius 1 is 1.00 bits per heavy atom. The van der Waals surface area contributed by atoms with E-state index in [4.69, 9.17) is 0 Å². The Hall–Kier alpha value is -2.89. The standard InChI is InChI=1S/C18H20FN3O2/c1-12(2)13-7-9-14(10-8-13)21-18(24)20-11-17(23)22-16-6-4-3-5-15(16)19/h3-10,12H,11H2,1-2H3,(H,22,23)(H2,20,21,24). The summed E-state index contributed by atoms with van der Waals surface area (Å²) in [5.74, 6) is -0.624. The lowest BCUT2D eigenvalue weighted by Crippen LogP contribution is -2.35. The highest BCUT2D eigenvalue weighted by Crippen LogP contribution is 2.17. The van der Waals surface area contributed by atoms with Gasteiger partial charge in [-0.3, -0.25) is 4.79 Å². The van der Waals surface area contributed by atoms with Crippen molar-refractivity contribution in [3.05, 3.63) is 59.9 Å². The van der Waals surface area contributed by atoms with Crippen LogP contribution in [0, 0.1) is 5.82 Å². The van der Waals surface area contributed by atoms with E-state index in [1.165, 1.54) is 23.8 Å². The number of para-hydroxylation sites is 1. The van der Waals surface area contributed by atoms with Crippen LogP contribution in [0.3, 0.4) is 0 Å². The molecule has 0 aromatic heterocycles. The predicted octanol–water partition coefficient (Wildman–Crippen LogP) is 3.71. The molecule has 24 heavy (non-hydrogen) atoms. The minimum atomic E-state index is -0.527. The second-order valence-electron chi connectivity index (χ2n) is 5.61. The van der Waals surface area contributed by atoms with Gasteiger partial charge in [0.1, 0.15) is 5.82 Å². The number of nitrogens with one attached hydrogen (secondary N) is 3. The fourth-order valence-corrected chi connectivity index (χ4v) is 2.04. The molecule has 6 heteroatoms. The first-order valence-electron chi connectivity index (χ1n) is 7.65. The van der Waals surface area contributed by atoms with E-state index in [1.807, 2.05) is 12.1 Å². The van der Waals surface area contributed by atoms with Gasteiger partial charge in [-0.05, 0) is 35.7 Å². The van der Waals surface area contributed by atoms with Crippen LogP contribution in [0.15, 0.2) is 48.5 Å². The van der Waals surface area contributed by atoms with Crippen LogP contribution < -0.4 is 16.0 Å². The molecule has 2 aromatic rings. The average Bonchev–Trinajstić information content (AvgIpc) is 2.55. The molecule has 2 rings (SSSR count). The highest BCUT2D eigenvalue weighted by atomic mass is 19.1. The Bertz CT molecular complexity index is 714. The van der Waals surface area contributed by atoms with Crippen molar-refractivity contribution in [3.63, 3.8) is 0 Å². The maximum atomic E-state index is 13.4. The van der Waals surface area contributed by atoms with Crippen molar-refractivity contribution in [2.45, 2.75) is 19.8 Å². The number of carbonyl (C=O) groups is 2. The molecular formula is C18H20FN3O2. The van der Waals surface area contributed by atoms with Crippen molar-refractivity contribution in [1.82, 2.24) is 5.32 Å². The molecule has 3 amide bonds. The second kappa shape index (κ2) is 8.10. The molecule has 0 unspecified atom stereocenters. The van der Waals surface area contributed by atoms with Crippen molar-refractivity contribution < 1.29 is 14.0 Å². The topological polar surface area (TPSA) is 70.2 Å². The summed E-state index contributed by atoms with van der Waals surface area (Å²) in [6, 6.07) is 12.8. The summed E-state index contributed by atoms with van der Waals surface area (Å²) < 4.78 is 13.4. The molecule has 3 N–H and O–H groups in total. The lowest BCUT2D eigenvalue weighted by atomic mass is 10.0. The quantitative estimate of drug-likeness (QED) is 0.782. The summed E-state index contributed by atoms with van der Waals surface area (Å²) in [6.45, 7) is 3.91. The van der Waals surface area contributed by atoms with Crippen molar-refractivity contribution >= 4 is 23.3 Å². The van der Waals surface area contributed by atoms with E-state index in [2.05, 4.69) is 29.8 Å². The number of urea groups is 1. The van der Waals surface area contributed by atoms with Crippen LogP contribution in [-0.2, 0) is 4.79 Å². The van der Waals surface area contributed by atoms with Gasteiger partial charge in [0.25, 0.3) is 0 Å². The van der Waals surface area contributed by atoms with Crippen molar-refractivity contribution in [2.75, 3.05) is 17.2 Å². The third-order valence-corrected chi connectivity index (χ3v) is 3.39. The zero-order valence-electron chi connectivity index (χ0n) is 13.6. The number of rotatable bonds is 5. The molecule has 0 saturated carbocycles. The SMILES string of the molecule is CC(C)c1ccc(NC(=O)NCC(=O)Nc2ccccc2F)cc1. The van der Waals surface area contributed by atoms with Crippen LogP contribution in [-0.4, -0.2) is 18.5 Å². The molecule has 126 valence electrons. The zero-order chi connectivity index (χ0) is 17.5. The molecule has 0 atom stereocenters. The van der Waals surface area contributed by atoms with Gasteiger partial charge in [-0.15, -0.1) is 0 Å². The van der Waals surface area contributed by atoms with E-state index < -0.39 is 17.8 Å². The van der Waals surface area contributed by atoms with Crippen molar-refractivity contribution in [3.8, 4) is 0 Å². The number of amides is 3. The van der Waals surface area contributed by atoms with E-state index in [9.17, 15) is 14.0 Å². The Morgan fingerprint density at radius 2 is 1.67 bits per heavy atom. The maximum Gasteiger partial charge on any atom is 0.319 e. The Morgan fingerprint density at radius 3 is 2.29 bits per heavy atom. The lowest BCUT2D eigenvalue weighted by molar-refractivity contribution is -0.115. The number of halogens is 1. The van der Waals surface area contributed by atoms with Gasteiger partial charge in [-0.1, -0.05) is 38.1 Å². The Kier molecular flexibility index (Phi) is 5.89. The van der Waals surface area contributed by atoms with Gasteiger partial charge in [-0.2, -0.15) is 0 Å². The van der Waals surface area contributed by atoms with E-state index in [0.717, 1.165) is 0 Å². The van der Waals surface area contributed by atoms with Crippen LogP contribution in [0.5, 0.6) is 0 Å². The minimum Gasteiger partial charge on any atom is -0.329 e.